The van der Waals surface area contributed by atoms with E-state index in [0.717, 1.165) is 16.9 Å². The highest BCUT2D eigenvalue weighted by Crippen LogP contribution is 2.20. The second-order valence-corrected chi connectivity index (χ2v) is 5.24. The lowest BCUT2D eigenvalue weighted by Gasteiger charge is -2.22. The highest BCUT2D eigenvalue weighted by molar-refractivity contribution is 6.33. The average molecular weight is 239 g/mol. The molecular formula is C14H18BN3. The molecule has 0 spiro atoms. The van der Waals surface area contributed by atoms with E-state index in [1.165, 1.54) is 37.6 Å². The summed E-state index contributed by atoms with van der Waals surface area (Å²) in [6.07, 6.45) is 8.43. The molecule has 1 saturated carbocycles. The molecule has 0 saturated heterocycles. The van der Waals surface area contributed by atoms with Crippen molar-refractivity contribution < 1.29 is 0 Å². The van der Waals surface area contributed by atoms with Crippen LogP contribution in [0, 0.1) is 0 Å². The van der Waals surface area contributed by atoms with Gasteiger partial charge in [-0.1, -0.05) is 36.9 Å². The summed E-state index contributed by atoms with van der Waals surface area (Å²) in [5.41, 5.74) is 2.27. The van der Waals surface area contributed by atoms with Gasteiger partial charge in [0.05, 0.1) is 5.52 Å². The molecule has 0 unspecified atom stereocenters. The zero-order chi connectivity index (χ0) is 12.4. The molecule has 1 aromatic carbocycles. The van der Waals surface area contributed by atoms with Crippen LogP contribution >= 0.6 is 0 Å². The fourth-order valence-corrected chi connectivity index (χ4v) is 2.65. The Morgan fingerprint density at radius 3 is 2.83 bits per heavy atom. The summed E-state index contributed by atoms with van der Waals surface area (Å²) < 4.78 is 0. The minimum absolute atomic E-state index is 0.557. The monoisotopic (exact) mass is 239 g/mol. The van der Waals surface area contributed by atoms with Gasteiger partial charge in [0.15, 0.2) is 0 Å². The molecule has 1 N–H and O–H groups in total. The Balaban J connectivity index is 1.82. The van der Waals surface area contributed by atoms with Crippen LogP contribution in [0.4, 0.5) is 5.95 Å². The molecule has 0 atom stereocenters. The minimum atomic E-state index is 0.557. The number of hydrogen-bond acceptors (Lipinski definition) is 3. The topological polar surface area (TPSA) is 37.8 Å². The van der Waals surface area contributed by atoms with E-state index in [1.54, 1.807) is 0 Å². The molecule has 92 valence electrons. The van der Waals surface area contributed by atoms with Crippen molar-refractivity contribution >= 4 is 30.2 Å². The predicted octanol–water partition coefficient (Wildman–Crippen LogP) is 1.63. The zero-order valence-electron chi connectivity index (χ0n) is 10.8. The van der Waals surface area contributed by atoms with Crippen LogP contribution in [0.5, 0.6) is 0 Å². The zero-order valence-corrected chi connectivity index (χ0v) is 10.8. The summed E-state index contributed by atoms with van der Waals surface area (Å²) in [5.74, 6) is 0.776. The van der Waals surface area contributed by atoms with Gasteiger partial charge in [-0.25, -0.2) is 9.97 Å². The molecule has 1 heterocycles. The van der Waals surface area contributed by atoms with Gasteiger partial charge in [-0.3, -0.25) is 0 Å². The van der Waals surface area contributed by atoms with E-state index in [4.69, 9.17) is 0 Å². The van der Waals surface area contributed by atoms with Crippen LogP contribution in [0.2, 0.25) is 0 Å². The molecule has 0 amide bonds. The van der Waals surface area contributed by atoms with Crippen LogP contribution in [0.3, 0.4) is 0 Å². The first-order chi connectivity index (χ1) is 8.81. The van der Waals surface area contributed by atoms with Crippen molar-refractivity contribution in [1.29, 1.82) is 0 Å². The Morgan fingerprint density at radius 2 is 2.00 bits per heavy atom. The summed E-state index contributed by atoms with van der Waals surface area (Å²) in [5, 5.41) is 4.58. The minimum Gasteiger partial charge on any atom is -0.351 e. The lowest BCUT2D eigenvalue weighted by molar-refractivity contribution is 0.461. The van der Waals surface area contributed by atoms with Crippen molar-refractivity contribution in [3.05, 3.63) is 24.4 Å². The third-order valence-electron chi connectivity index (χ3n) is 3.67. The number of nitrogens with one attached hydrogen (secondary N) is 1. The Hall–Kier alpha value is -1.58. The second kappa shape index (κ2) is 4.97. The van der Waals surface area contributed by atoms with E-state index < -0.39 is 0 Å². The van der Waals surface area contributed by atoms with Crippen molar-refractivity contribution in [3.8, 4) is 0 Å². The molecule has 1 aliphatic carbocycles. The van der Waals surface area contributed by atoms with Crippen molar-refractivity contribution in [1.82, 2.24) is 9.97 Å². The van der Waals surface area contributed by atoms with E-state index in [1.807, 2.05) is 6.20 Å². The predicted molar refractivity (Wildman–Crippen MR) is 78.2 cm³/mol. The lowest BCUT2D eigenvalue weighted by Crippen LogP contribution is -2.23. The first kappa shape index (κ1) is 11.5. The van der Waals surface area contributed by atoms with E-state index >= 15 is 0 Å². The highest BCUT2D eigenvalue weighted by Gasteiger charge is 2.14. The first-order valence-corrected chi connectivity index (χ1v) is 6.81. The third kappa shape index (κ3) is 2.47. The normalized spacial score (nSPS) is 16.9. The Labute approximate surface area is 108 Å². The molecule has 3 nitrogen and oxygen atoms in total. The number of anilines is 1. The largest absolute Gasteiger partial charge is 0.351 e. The maximum absolute atomic E-state index is 4.59. The fourth-order valence-electron chi connectivity index (χ4n) is 2.65. The van der Waals surface area contributed by atoms with Gasteiger partial charge < -0.3 is 5.32 Å². The standard InChI is InChI=1S/C14H18BN3/c15-11-6-7-13-10(8-11)9-16-14(18-13)17-12-4-2-1-3-5-12/h6-9,12H,1-5,15H2,(H,16,17,18). The van der Waals surface area contributed by atoms with Gasteiger partial charge in [-0.2, -0.15) is 0 Å². The maximum atomic E-state index is 4.59. The van der Waals surface area contributed by atoms with E-state index in [0.29, 0.717) is 6.04 Å². The number of hydrogen-bond donors (Lipinski definition) is 1. The van der Waals surface area contributed by atoms with Crippen molar-refractivity contribution in [3.63, 3.8) is 0 Å². The number of nitrogens with zero attached hydrogens (tertiary/aromatic N) is 2. The molecule has 3 rings (SSSR count). The first-order valence-electron chi connectivity index (χ1n) is 6.81. The highest BCUT2D eigenvalue weighted by atomic mass is 15.1. The average Bonchev–Trinajstić information content (AvgIpc) is 2.40. The number of aromatic nitrogens is 2. The molecule has 1 aromatic heterocycles. The molecular weight excluding hydrogens is 221 g/mol. The number of benzene rings is 1. The fraction of sp³-hybridized carbons (Fsp3) is 0.429. The molecule has 18 heavy (non-hydrogen) atoms. The van der Waals surface area contributed by atoms with Gasteiger partial charge in [0.25, 0.3) is 0 Å². The van der Waals surface area contributed by atoms with Gasteiger partial charge in [0.2, 0.25) is 5.95 Å². The van der Waals surface area contributed by atoms with Gasteiger partial charge in [-0.05, 0) is 18.9 Å². The van der Waals surface area contributed by atoms with Gasteiger partial charge >= 0.3 is 0 Å². The van der Waals surface area contributed by atoms with Crippen LogP contribution in [-0.4, -0.2) is 23.9 Å². The van der Waals surface area contributed by atoms with Crippen molar-refractivity contribution in [2.24, 2.45) is 0 Å². The summed E-state index contributed by atoms with van der Waals surface area (Å²) in [7, 11) is 2.09. The summed E-state index contributed by atoms with van der Waals surface area (Å²) in [4.78, 5) is 9.01. The maximum Gasteiger partial charge on any atom is 0.223 e. The Kier molecular flexibility index (Phi) is 3.18. The molecule has 0 bridgehead atoms. The Morgan fingerprint density at radius 1 is 1.17 bits per heavy atom. The number of fused-ring (bicyclic) bond motifs is 1. The molecule has 0 radical (unpaired) electrons. The lowest BCUT2D eigenvalue weighted by atomic mass is 9.95. The molecule has 2 aromatic rings. The van der Waals surface area contributed by atoms with E-state index in [-0.39, 0.29) is 0 Å². The molecule has 4 heteroatoms. The van der Waals surface area contributed by atoms with Crippen LogP contribution in [0.25, 0.3) is 10.9 Å². The van der Waals surface area contributed by atoms with Crippen LogP contribution in [0.15, 0.2) is 24.4 Å². The van der Waals surface area contributed by atoms with Crippen LogP contribution in [-0.2, 0) is 0 Å². The summed E-state index contributed by atoms with van der Waals surface area (Å²) >= 11 is 0. The van der Waals surface area contributed by atoms with Crippen molar-refractivity contribution in [2.75, 3.05) is 5.32 Å². The van der Waals surface area contributed by atoms with Crippen molar-refractivity contribution in [2.45, 2.75) is 38.1 Å². The van der Waals surface area contributed by atoms with Gasteiger partial charge in [-0.15, -0.1) is 0 Å². The quantitative estimate of drug-likeness (QED) is 0.809. The third-order valence-corrected chi connectivity index (χ3v) is 3.67. The number of rotatable bonds is 2. The van der Waals surface area contributed by atoms with Gasteiger partial charge in [0.1, 0.15) is 7.85 Å². The SMILES string of the molecule is Bc1ccc2nc(NC3CCCCC3)ncc2c1. The van der Waals surface area contributed by atoms with Gasteiger partial charge in [0, 0.05) is 17.6 Å². The Bertz CT molecular complexity index is 550. The summed E-state index contributed by atoms with van der Waals surface area (Å²) in [6.45, 7) is 0. The summed E-state index contributed by atoms with van der Waals surface area (Å²) in [6, 6.07) is 6.85. The molecule has 1 aliphatic rings. The molecule has 1 fully saturated rings. The van der Waals surface area contributed by atoms with E-state index in [9.17, 15) is 0 Å². The molecule has 0 aliphatic heterocycles. The van der Waals surface area contributed by atoms with E-state index in [2.05, 4.69) is 41.3 Å². The van der Waals surface area contributed by atoms with Crippen LogP contribution < -0.4 is 10.8 Å². The smallest absolute Gasteiger partial charge is 0.223 e. The second-order valence-electron chi connectivity index (χ2n) is 5.24. The van der Waals surface area contributed by atoms with Crippen LogP contribution in [0.1, 0.15) is 32.1 Å².